The predicted octanol–water partition coefficient (Wildman–Crippen LogP) is 1.94. The van der Waals surface area contributed by atoms with E-state index < -0.39 is 10.8 Å². The summed E-state index contributed by atoms with van der Waals surface area (Å²) in [5.74, 6) is 1.32. The quantitative estimate of drug-likeness (QED) is 0.854. The van der Waals surface area contributed by atoms with Crippen LogP contribution in [0.15, 0.2) is 0 Å². The van der Waals surface area contributed by atoms with Gasteiger partial charge in [0.15, 0.2) is 0 Å². The van der Waals surface area contributed by atoms with Crippen molar-refractivity contribution in [2.45, 2.75) is 56.1 Å². The van der Waals surface area contributed by atoms with Crippen molar-refractivity contribution in [2.24, 2.45) is 11.8 Å². The Hall–Kier alpha value is 0.0700. The highest BCUT2D eigenvalue weighted by atomic mass is 32.2. The first-order chi connectivity index (χ1) is 8.63. The van der Waals surface area contributed by atoms with Crippen LogP contribution in [0.1, 0.15) is 39.5 Å². The van der Waals surface area contributed by atoms with Crippen LogP contribution in [0.25, 0.3) is 0 Å². The van der Waals surface area contributed by atoms with E-state index in [2.05, 4.69) is 19.2 Å². The molecule has 1 aliphatic heterocycles. The summed E-state index contributed by atoms with van der Waals surface area (Å²) in [4.78, 5) is 0. The highest BCUT2D eigenvalue weighted by Crippen LogP contribution is 2.34. The minimum atomic E-state index is -0.710. The molecule has 106 valence electrons. The van der Waals surface area contributed by atoms with Gasteiger partial charge in [0.05, 0.1) is 5.25 Å². The van der Waals surface area contributed by atoms with Gasteiger partial charge in [-0.25, -0.2) is 0 Å². The third kappa shape index (κ3) is 3.14. The Morgan fingerprint density at radius 2 is 1.83 bits per heavy atom. The van der Waals surface area contributed by atoms with Crippen molar-refractivity contribution < 1.29 is 8.95 Å². The molecule has 2 fully saturated rings. The van der Waals surface area contributed by atoms with Gasteiger partial charge in [0, 0.05) is 35.3 Å². The zero-order chi connectivity index (χ0) is 13.1. The first-order valence-corrected chi connectivity index (χ1v) is 8.55. The molecule has 0 radical (unpaired) electrons. The molecule has 0 aromatic carbocycles. The van der Waals surface area contributed by atoms with Gasteiger partial charge in [0.25, 0.3) is 0 Å². The summed E-state index contributed by atoms with van der Waals surface area (Å²) >= 11 is 0. The number of hydrogen-bond donors (Lipinski definition) is 1. The molecule has 0 aromatic heterocycles. The van der Waals surface area contributed by atoms with Crippen LogP contribution in [0, 0.1) is 11.8 Å². The molecule has 1 N–H and O–H groups in total. The van der Waals surface area contributed by atoms with Gasteiger partial charge < -0.3 is 10.1 Å². The molecule has 5 unspecified atom stereocenters. The second kappa shape index (κ2) is 6.49. The fraction of sp³-hybridized carbons (Fsp3) is 1.00. The maximum atomic E-state index is 12.9. The summed E-state index contributed by atoms with van der Waals surface area (Å²) in [6.45, 7) is 6.17. The second-order valence-corrected chi connectivity index (χ2v) is 7.92. The fourth-order valence-electron chi connectivity index (χ4n) is 3.63. The Balaban J connectivity index is 2.05. The van der Waals surface area contributed by atoms with Crippen LogP contribution in [-0.4, -0.2) is 41.0 Å². The average molecular weight is 273 g/mol. The molecule has 4 heteroatoms. The SMILES string of the molecule is CNC1CC(C)CC(C)C1S(=O)C1CCOCC1. The van der Waals surface area contributed by atoms with Crippen LogP contribution in [0.4, 0.5) is 0 Å². The van der Waals surface area contributed by atoms with E-state index in [0.29, 0.717) is 22.5 Å². The van der Waals surface area contributed by atoms with Gasteiger partial charge >= 0.3 is 0 Å². The van der Waals surface area contributed by atoms with Crippen molar-refractivity contribution in [2.75, 3.05) is 20.3 Å². The molecule has 1 saturated heterocycles. The van der Waals surface area contributed by atoms with Crippen LogP contribution >= 0.6 is 0 Å². The lowest BCUT2D eigenvalue weighted by Crippen LogP contribution is -2.51. The summed E-state index contributed by atoms with van der Waals surface area (Å²) in [6.07, 6.45) is 4.34. The van der Waals surface area contributed by atoms with E-state index in [-0.39, 0.29) is 0 Å². The lowest BCUT2D eigenvalue weighted by Gasteiger charge is -2.41. The van der Waals surface area contributed by atoms with Crippen molar-refractivity contribution in [1.29, 1.82) is 0 Å². The third-order valence-electron chi connectivity index (χ3n) is 4.52. The molecule has 0 bridgehead atoms. The molecule has 0 amide bonds. The highest BCUT2D eigenvalue weighted by Gasteiger charge is 2.39. The van der Waals surface area contributed by atoms with Crippen LogP contribution in [0.5, 0.6) is 0 Å². The molecule has 1 heterocycles. The van der Waals surface area contributed by atoms with E-state index in [9.17, 15) is 4.21 Å². The first-order valence-electron chi connectivity index (χ1n) is 7.27. The summed E-state index contributed by atoms with van der Waals surface area (Å²) in [5, 5.41) is 4.10. The van der Waals surface area contributed by atoms with E-state index in [1.807, 2.05) is 7.05 Å². The molecule has 5 atom stereocenters. The van der Waals surface area contributed by atoms with Crippen LogP contribution < -0.4 is 5.32 Å². The van der Waals surface area contributed by atoms with Crippen molar-refractivity contribution in [1.82, 2.24) is 5.32 Å². The van der Waals surface area contributed by atoms with Crippen LogP contribution in [0.2, 0.25) is 0 Å². The average Bonchev–Trinajstić information content (AvgIpc) is 2.38. The maximum absolute atomic E-state index is 12.9. The normalized spacial score (nSPS) is 40.6. The van der Waals surface area contributed by atoms with E-state index in [1.165, 1.54) is 12.8 Å². The van der Waals surface area contributed by atoms with Gasteiger partial charge in [-0.3, -0.25) is 4.21 Å². The van der Waals surface area contributed by atoms with Crippen molar-refractivity contribution in [3.63, 3.8) is 0 Å². The van der Waals surface area contributed by atoms with E-state index in [0.717, 1.165) is 32.0 Å². The zero-order valence-electron chi connectivity index (χ0n) is 11.9. The Labute approximate surface area is 114 Å². The van der Waals surface area contributed by atoms with Crippen LogP contribution in [-0.2, 0) is 15.5 Å². The molecule has 0 aromatic rings. The Morgan fingerprint density at radius 3 is 2.44 bits per heavy atom. The lowest BCUT2D eigenvalue weighted by atomic mass is 9.80. The Bertz CT molecular complexity index is 292. The van der Waals surface area contributed by atoms with Gasteiger partial charge in [0.2, 0.25) is 0 Å². The smallest absolute Gasteiger partial charge is 0.0529 e. The number of hydrogen-bond acceptors (Lipinski definition) is 3. The van der Waals surface area contributed by atoms with Gasteiger partial charge in [-0.1, -0.05) is 13.8 Å². The first kappa shape index (κ1) is 14.5. The molecule has 1 saturated carbocycles. The molecule has 3 nitrogen and oxygen atoms in total. The van der Waals surface area contributed by atoms with E-state index in [4.69, 9.17) is 4.74 Å². The molecular weight excluding hydrogens is 246 g/mol. The molecular formula is C14H27NO2S. The third-order valence-corrected chi connectivity index (χ3v) is 6.98. The largest absolute Gasteiger partial charge is 0.381 e. The summed E-state index contributed by atoms with van der Waals surface area (Å²) in [7, 11) is 1.31. The Morgan fingerprint density at radius 1 is 1.17 bits per heavy atom. The van der Waals surface area contributed by atoms with Gasteiger partial charge in [-0.05, 0) is 44.6 Å². The minimum Gasteiger partial charge on any atom is -0.381 e. The van der Waals surface area contributed by atoms with Crippen molar-refractivity contribution in [3.8, 4) is 0 Å². The van der Waals surface area contributed by atoms with Crippen LogP contribution in [0.3, 0.4) is 0 Å². The van der Waals surface area contributed by atoms with Crippen molar-refractivity contribution >= 4 is 10.8 Å². The fourth-order valence-corrected chi connectivity index (χ4v) is 5.87. The summed E-state index contributed by atoms with van der Waals surface area (Å²) in [6, 6.07) is 0.424. The molecule has 18 heavy (non-hydrogen) atoms. The monoisotopic (exact) mass is 273 g/mol. The lowest BCUT2D eigenvalue weighted by molar-refractivity contribution is 0.0986. The molecule has 2 aliphatic rings. The number of ether oxygens (including phenoxy) is 1. The Kier molecular flexibility index (Phi) is 5.22. The highest BCUT2D eigenvalue weighted by molar-refractivity contribution is 7.86. The van der Waals surface area contributed by atoms with Gasteiger partial charge in [0.1, 0.15) is 0 Å². The van der Waals surface area contributed by atoms with Gasteiger partial charge in [-0.15, -0.1) is 0 Å². The molecule has 1 aliphatic carbocycles. The molecule has 0 spiro atoms. The summed E-state index contributed by atoms with van der Waals surface area (Å²) < 4.78 is 18.2. The van der Waals surface area contributed by atoms with Gasteiger partial charge in [-0.2, -0.15) is 0 Å². The van der Waals surface area contributed by atoms with Crippen molar-refractivity contribution in [3.05, 3.63) is 0 Å². The maximum Gasteiger partial charge on any atom is 0.0529 e. The topological polar surface area (TPSA) is 38.3 Å². The van der Waals surface area contributed by atoms with E-state index >= 15 is 0 Å². The van der Waals surface area contributed by atoms with E-state index in [1.54, 1.807) is 0 Å². The summed E-state index contributed by atoms with van der Waals surface area (Å²) in [5.41, 5.74) is 0. The predicted molar refractivity (Wildman–Crippen MR) is 76.2 cm³/mol. The standard InChI is InChI=1S/C14H27NO2S/c1-10-8-11(2)14(13(9-10)15-3)18(16)12-4-6-17-7-5-12/h10-15H,4-9H2,1-3H3. The second-order valence-electron chi connectivity index (χ2n) is 6.05. The minimum absolute atomic E-state index is 0.328. The number of nitrogens with one attached hydrogen (secondary N) is 1. The number of rotatable bonds is 3. The molecule has 2 rings (SSSR count). The zero-order valence-corrected chi connectivity index (χ0v) is 12.7.